The van der Waals surface area contributed by atoms with Gasteiger partial charge in [-0.1, -0.05) is 11.6 Å². The monoisotopic (exact) mass is 326 g/mol. The van der Waals surface area contributed by atoms with Gasteiger partial charge in [0.15, 0.2) is 0 Å². The molecule has 0 bridgehead atoms. The molecule has 1 aromatic rings. The Morgan fingerprint density at radius 2 is 2.32 bits per heavy atom. The number of hydrogen-bond donors (Lipinski definition) is 2. The van der Waals surface area contributed by atoms with Crippen molar-refractivity contribution >= 4 is 21.8 Å². The maximum atomic E-state index is 13.1. The molecule has 0 spiro atoms. The molecule has 19 heavy (non-hydrogen) atoms. The normalized spacial score (nSPS) is 14.9. The van der Waals surface area contributed by atoms with Crippen molar-refractivity contribution < 1.29 is 9.18 Å². The van der Waals surface area contributed by atoms with Crippen LogP contribution in [0.25, 0.3) is 0 Å². The molecule has 1 aliphatic heterocycles. The molecule has 5 heteroatoms. The van der Waals surface area contributed by atoms with E-state index in [-0.39, 0.29) is 11.7 Å². The van der Waals surface area contributed by atoms with Crippen LogP contribution >= 0.6 is 15.9 Å². The number of benzene rings is 1. The van der Waals surface area contributed by atoms with E-state index in [0.29, 0.717) is 16.6 Å². The van der Waals surface area contributed by atoms with Crippen molar-refractivity contribution in [3.8, 4) is 0 Å². The SMILES string of the molecule is O=C(NCCC1=CCNCC1)c1ccc(F)c(Br)c1. The number of halogens is 2. The number of hydrogen-bond acceptors (Lipinski definition) is 2. The molecule has 2 rings (SSSR count). The molecular formula is C14H16BrFN2O. The smallest absolute Gasteiger partial charge is 0.251 e. The first-order valence-electron chi connectivity index (χ1n) is 6.28. The van der Waals surface area contributed by atoms with Gasteiger partial charge in [0.05, 0.1) is 4.47 Å². The highest BCUT2D eigenvalue weighted by molar-refractivity contribution is 9.10. The summed E-state index contributed by atoms with van der Waals surface area (Å²) in [5.74, 6) is -0.536. The zero-order valence-corrected chi connectivity index (χ0v) is 12.1. The molecule has 0 aromatic heterocycles. The summed E-state index contributed by atoms with van der Waals surface area (Å²) in [6.07, 6.45) is 4.08. The van der Waals surface area contributed by atoms with E-state index in [9.17, 15) is 9.18 Å². The van der Waals surface area contributed by atoms with Gasteiger partial charge in [-0.3, -0.25) is 4.79 Å². The van der Waals surface area contributed by atoms with Crippen LogP contribution in [-0.4, -0.2) is 25.5 Å². The number of amides is 1. The fourth-order valence-corrected chi connectivity index (χ4v) is 2.35. The van der Waals surface area contributed by atoms with Crippen LogP contribution in [0.4, 0.5) is 4.39 Å². The Hall–Kier alpha value is -1.20. The van der Waals surface area contributed by atoms with Crippen molar-refractivity contribution in [1.82, 2.24) is 10.6 Å². The maximum Gasteiger partial charge on any atom is 0.251 e. The van der Waals surface area contributed by atoms with Crippen LogP contribution in [0.2, 0.25) is 0 Å². The minimum atomic E-state index is -0.364. The summed E-state index contributed by atoms with van der Waals surface area (Å²) >= 11 is 3.07. The Morgan fingerprint density at radius 3 is 3.00 bits per heavy atom. The first-order chi connectivity index (χ1) is 9.16. The van der Waals surface area contributed by atoms with Crippen molar-refractivity contribution in [3.63, 3.8) is 0 Å². The summed E-state index contributed by atoms with van der Waals surface area (Å²) in [6.45, 7) is 2.53. The molecule has 0 saturated heterocycles. The second kappa shape index (κ2) is 6.82. The van der Waals surface area contributed by atoms with Gasteiger partial charge in [0.2, 0.25) is 0 Å². The third-order valence-electron chi connectivity index (χ3n) is 3.07. The summed E-state index contributed by atoms with van der Waals surface area (Å²) in [5.41, 5.74) is 1.84. The second-order valence-electron chi connectivity index (χ2n) is 4.45. The Balaban J connectivity index is 1.83. The molecule has 3 nitrogen and oxygen atoms in total. The molecule has 1 aliphatic rings. The molecule has 102 valence electrons. The Kier molecular flexibility index (Phi) is 5.10. The summed E-state index contributed by atoms with van der Waals surface area (Å²) < 4.78 is 13.4. The number of carbonyl (C=O) groups is 1. The summed E-state index contributed by atoms with van der Waals surface area (Å²) in [5, 5.41) is 6.10. The van der Waals surface area contributed by atoms with Crippen LogP contribution in [0.15, 0.2) is 34.3 Å². The van der Waals surface area contributed by atoms with Gasteiger partial charge in [-0.25, -0.2) is 4.39 Å². The van der Waals surface area contributed by atoms with Crippen LogP contribution < -0.4 is 10.6 Å². The minimum absolute atomic E-state index is 0.171. The maximum absolute atomic E-state index is 13.1. The van der Waals surface area contributed by atoms with Gasteiger partial charge in [0.25, 0.3) is 5.91 Å². The van der Waals surface area contributed by atoms with Crippen LogP contribution in [0.1, 0.15) is 23.2 Å². The number of rotatable bonds is 4. The van der Waals surface area contributed by atoms with Gasteiger partial charge in [0.1, 0.15) is 5.82 Å². The first-order valence-corrected chi connectivity index (χ1v) is 7.08. The molecule has 0 fully saturated rings. The van der Waals surface area contributed by atoms with Gasteiger partial charge in [-0.15, -0.1) is 0 Å². The van der Waals surface area contributed by atoms with Crippen molar-refractivity contribution in [2.75, 3.05) is 19.6 Å². The zero-order valence-electron chi connectivity index (χ0n) is 10.5. The van der Waals surface area contributed by atoms with Crippen LogP contribution in [-0.2, 0) is 0 Å². The Morgan fingerprint density at radius 1 is 1.47 bits per heavy atom. The molecule has 0 radical (unpaired) electrons. The topological polar surface area (TPSA) is 41.1 Å². The molecule has 0 atom stereocenters. The predicted molar refractivity (Wildman–Crippen MR) is 76.6 cm³/mol. The van der Waals surface area contributed by atoms with Gasteiger partial charge in [-0.2, -0.15) is 0 Å². The molecule has 0 aliphatic carbocycles. The predicted octanol–water partition coefficient (Wildman–Crippen LogP) is 2.63. The minimum Gasteiger partial charge on any atom is -0.352 e. The number of carbonyl (C=O) groups excluding carboxylic acids is 1. The highest BCUT2D eigenvalue weighted by atomic mass is 79.9. The average Bonchev–Trinajstić information content (AvgIpc) is 2.43. The lowest BCUT2D eigenvalue weighted by molar-refractivity contribution is 0.0954. The van der Waals surface area contributed by atoms with Crippen LogP contribution in [0.3, 0.4) is 0 Å². The van der Waals surface area contributed by atoms with E-state index >= 15 is 0 Å². The Bertz CT molecular complexity index is 502. The van der Waals surface area contributed by atoms with Crippen LogP contribution in [0, 0.1) is 5.82 Å². The molecule has 1 heterocycles. The first kappa shape index (κ1) is 14.2. The third-order valence-corrected chi connectivity index (χ3v) is 3.68. The van der Waals surface area contributed by atoms with E-state index in [0.717, 1.165) is 25.9 Å². The van der Waals surface area contributed by atoms with E-state index in [2.05, 4.69) is 32.6 Å². The summed E-state index contributed by atoms with van der Waals surface area (Å²) in [4.78, 5) is 11.9. The van der Waals surface area contributed by atoms with Crippen molar-refractivity contribution in [2.45, 2.75) is 12.8 Å². The standard InChI is InChI=1S/C14H16BrFN2O/c15-12-9-11(1-2-13(12)16)14(19)18-8-5-10-3-6-17-7-4-10/h1-3,9,17H,4-8H2,(H,18,19). The van der Waals surface area contributed by atoms with Crippen molar-refractivity contribution in [2.24, 2.45) is 0 Å². The van der Waals surface area contributed by atoms with E-state index in [1.807, 2.05) is 0 Å². The average molecular weight is 327 g/mol. The van der Waals surface area contributed by atoms with E-state index < -0.39 is 0 Å². The van der Waals surface area contributed by atoms with Gasteiger partial charge in [0, 0.05) is 18.7 Å². The van der Waals surface area contributed by atoms with E-state index in [4.69, 9.17) is 0 Å². The lowest BCUT2D eigenvalue weighted by atomic mass is 10.1. The van der Waals surface area contributed by atoms with Crippen molar-refractivity contribution in [3.05, 3.63) is 45.7 Å². The molecule has 1 aromatic carbocycles. The highest BCUT2D eigenvalue weighted by Crippen LogP contribution is 2.16. The fraction of sp³-hybridized carbons (Fsp3) is 0.357. The lowest BCUT2D eigenvalue weighted by Gasteiger charge is -2.14. The van der Waals surface area contributed by atoms with Gasteiger partial charge in [-0.05, 0) is 53.5 Å². The summed E-state index contributed by atoms with van der Waals surface area (Å²) in [7, 11) is 0. The van der Waals surface area contributed by atoms with Gasteiger partial charge >= 0.3 is 0 Å². The lowest BCUT2D eigenvalue weighted by Crippen LogP contribution is -2.26. The highest BCUT2D eigenvalue weighted by Gasteiger charge is 2.09. The van der Waals surface area contributed by atoms with Gasteiger partial charge < -0.3 is 10.6 Å². The molecule has 1 amide bonds. The van der Waals surface area contributed by atoms with E-state index in [1.165, 1.54) is 23.8 Å². The molecule has 0 saturated carbocycles. The largest absolute Gasteiger partial charge is 0.352 e. The Labute approximate surface area is 120 Å². The third kappa shape index (κ3) is 4.14. The number of nitrogens with one attached hydrogen (secondary N) is 2. The van der Waals surface area contributed by atoms with Crippen molar-refractivity contribution in [1.29, 1.82) is 0 Å². The molecule has 0 unspecified atom stereocenters. The quantitative estimate of drug-likeness (QED) is 0.835. The summed E-state index contributed by atoms with van der Waals surface area (Å²) in [6, 6.07) is 4.27. The van der Waals surface area contributed by atoms with E-state index in [1.54, 1.807) is 0 Å². The van der Waals surface area contributed by atoms with Crippen LogP contribution in [0.5, 0.6) is 0 Å². The molecule has 2 N–H and O–H groups in total. The fourth-order valence-electron chi connectivity index (χ4n) is 1.97. The second-order valence-corrected chi connectivity index (χ2v) is 5.31. The zero-order chi connectivity index (χ0) is 13.7. The molecular weight excluding hydrogens is 311 g/mol.